The third-order valence-corrected chi connectivity index (χ3v) is 5.05. The number of rotatable bonds is 5. The van der Waals surface area contributed by atoms with Crippen LogP contribution in [0.1, 0.15) is 41.5 Å². The first-order valence-corrected chi connectivity index (χ1v) is 8.43. The van der Waals surface area contributed by atoms with Crippen LogP contribution in [0.3, 0.4) is 0 Å². The van der Waals surface area contributed by atoms with Gasteiger partial charge < -0.3 is 4.74 Å². The van der Waals surface area contributed by atoms with Crippen molar-refractivity contribution in [2.45, 2.75) is 37.3 Å². The molecule has 1 aliphatic carbocycles. The normalized spacial score (nSPS) is 25.1. The van der Waals surface area contributed by atoms with Gasteiger partial charge in [0, 0.05) is 45.9 Å². The molecule has 0 unspecified atom stereocenters. The Labute approximate surface area is 137 Å². The van der Waals surface area contributed by atoms with Crippen molar-refractivity contribution in [2.75, 3.05) is 20.2 Å². The first-order valence-electron chi connectivity index (χ1n) is 8.43. The minimum atomic E-state index is 0.193. The molecule has 0 spiro atoms. The summed E-state index contributed by atoms with van der Waals surface area (Å²) in [7, 11) is 3.71. The molecule has 0 amide bonds. The molecule has 0 radical (unpaired) electrons. The first kappa shape index (κ1) is 14.8. The summed E-state index contributed by atoms with van der Waals surface area (Å²) in [6, 6.07) is 9.09. The average Bonchev–Trinajstić information content (AvgIpc) is 3.20. The van der Waals surface area contributed by atoms with Crippen molar-refractivity contribution in [1.29, 1.82) is 0 Å². The maximum Gasteiger partial charge on any atom is 0.0897 e. The van der Waals surface area contributed by atoms with E-state index in [-0.39, 0.29) is 6.10 Å². The molecule has 2 heterocycles. The third kappa shape index (κ3) is 3.16. The van der Waals surface area contributed by atoms with Gasteiger partial charge in [-0.2, -0.15) is 0 Å². The van der Waals surface area contributed by atoms with Crippen LogP contribution in [-0.2, 0) is 18.3 Å². The third-order valence-electron chi connectivity index (χ3n) is 5.05. The number of hydrogen-bond donors (Lipinski definition) is 0. The van der Waals surface area contributed by atoms with Crippen LogP contribution in [0.25, 0.3) is 0 Å². The van der Waals surface area contributed by atoms with E-state index in [9.17, 15) is 0 Å². The highest BCUT2D eigenvalue weighted by molar-refractivity contribution is 5.29. The average molecular weight is 312 g/mol. The Morgan fingerprint density at radius 3 is 2.83 bits per heavy atom. The van der Waals surface area contributed by atoms with Gasteiger partial charge in [-0.05, 0) is 29.9 Å². The van der Waals surface area contributed by atoms with E-state index >= 15 is 0 Å². The molecule has 1 aromatic heterocycles. The van der Waals surface area contributed by atoms with Crippen LogP contribution in [0.4, 0.5) is 0 Å². The smallest absolute Gasteiger partial charge is 0.0897 e. The van der Waals surface area contributed by atoms with E-state index in [1.165, 1.54) is 24.0 Å². The van der Waals surface area contributed by atoms with Crippen molar-refractivity contribution in [3.8, 4) is 0 Å². The van der Waals surface area contributed by atoms with Crippen molar-refractivity contribution < 1.29 is 4.74 Å². The minimum absolute atomic E-state index is 0.193. The van der Waals surface area contributed by atoms with E-state index in [0.717, 1.165) is 31.2 Å². The zero-order chi connectivity index (χ0) is 15.8. The number of ether oxygens (including phenoxy) is 1. The molecular weight excluding hydrogens is 288 g/mol. The number of methoxy groups -OCH3 is 1. The molecular formula is C18H24N4O. The Kier molecular flexibility index (Phi) is 3.91. The van der Waals surface area contributed by atoms with Crippen LogP contribution in [0, 0.1) is 0 Å². The van der Waals surface area contributed by atoms with Crippen molar-refractivity contribution in [2.24, 2.45) is 7.05 Å². The fraction of sp³-hybridized carbons (Fsp3) is 0.556. The summed E-state index contributed by atoms with van der Waals surface area (Å²) in [6.45, 7) is 2.91. The summed E-state index contributed by atoms with van der Waals surface area (Å²) in [4.78, 5) is 2.47. The molecule has 23 heavy (non-hydrogen) atoms. The lowest BCUT2D eigenvalue weighted by Gasteiger charge is -2.16. The lowest BCUT2D eigenvalue weighted by Crippen LogP contribution is -2.22. The van der Waals surface area contributed by atoms with Gasteiger partial charge in [0.2, 0.25) is 0 Å². The second-order valence-electron chi connectivity index (χ2n) is 6.91. The Morgan fingerprint density at radius 2 is 2.13 bits per heavy atom. The Hall–Kier alpha value is -1.72. The summed E-state index contributed by atoms with van der Waals surface area (Å²) in [6.07, 6.45) is 4.91. The Balaban J connectivity index is 1.46. The van der Waals surface area contributed by atoms with Crippen molar-refractivity contribution in [3.63, 3.8) is 0 Å². The highest BCUT2D eigenvalue weighted by Gasteiger charge is 2.35. The van der Waals surface area contributed by atoms with E-state index in [4.69, 9.17) is 4.74 Å². The summed E-state index contributed by atoms with van der Waals surface area (Å²) in [5, 5.41) is 8.36. The Bertz CT molecular complexity index is 679. The maximum atomic E-state index is 5.71. The number of nitrogens with zero attached hydrogens (tertiary/aromatic N) is 4. The molecule has 2 fully saturated rings. The van der Waals surface area contributed by atoms with Crippen LogP contribution in [-0.4, -0.2) is 46.2 Å². The standard InChI is InChI=1S/C18H24N4O/c1-21-11-17(19-20-21)16-10-22(12-18(16)23-2)9-13-4-3-5-15(8-13)14-6-7-14/h3-5,8,11,14,16,18H,6-7,9-10,12H2,1-2H3/t16-,18+/m0/s1. The van der Waals surface area contributed by atoms with E-state index in [1.807, 2.05) is 13.2 Å². The van der Waals surface area contributed by atoms with Gasteiger partial charge in [-0.15, -0.1) is 5.10 Å². The number of likely N-dealkylation sites (tertiary alicyclic amines) is 1. The number of aromatic nitrogens is 3. The molecule has 1 saturated heterocycles. The number of hydrogen-bond acceptors (Lipinski definition) is 4. The second-order valence-corrected chi connectivity index (χ2v) is 6.91. The van der Waals surface area contributed by atoms with Gasteiger partial charge >= 0.3 is 0 Å². The minimum Gasteiger partial charge on any atom is -0.379 e. The molecule has 1 saturated carbocycles. The monoisotopic (exact) mass is 312 g/mol. The predicted octanol–water partition coefficient (Wildman–Crippen LogP) is 2.31. The fourth-order valence-corrected chi connectivity index (χ4v) is 3.66. The molecule has 5 heteroatoms. The summed E-state index contributed by atoms with van der Waals surface area (Å²) in [5.74, 6) is 1.12. The van der Waals surface area contributed by atoms with Crippen LogP contribution >= 0.6 is 0 Å². The molecule has 1 aliphatic heterocycles. The highest BCUT2D eigenvalue weighted by Crippen LogP contribution is 2.40. The molecule has 2 atom stereocenters. The van der Waals surface area contributed by atoms with Crippen LogP contribution in [0.2, 0.25) is 0 Å². The molecule has 5 nitrogen and oxygen atoms in total. The topological polar surface area (TPSA) is 43.2 Å². The van der Waals surface area contributed by atoms with Gasteiger partial charge in [0.15, 0.2) is 0 Å². The number of aryl methyl sites for hydroxylation is 1. The quantitative estimate of drug-likeness (QED) is 0.850. The fourth-order valence-electron chi connectivity index (χ4n) is 3.66. The summed E-state index contributed by atoms with van der Waals surface area (Å²) >= 11 is 0. The SMILES string of the molecule is CO[C@@H]1CN(Cc2cccc(C3CC3)c2)C[C@H]1c1cn(C)nn1. The van der Waals surface area contributed by atoms with Gasteiger partial charge in [-0.1, -0.05) is 29.5 Å². The van der Waals surface area contributed by atoms with Gasteiger partial charge in [0.05, 0.1) is 11.8 Å². The second kappa shape index (κ2) is 6.06. The molecule has 0 bridgehead atoms. The number of benzene rings is 1. The van der Waals surface area contributed by atoms with E-state index < -0.39 is 0 Å². The van der Waals surface area contributed by atoms with Crippen molar-refractivity contribution >= 4 is 0 Å². The van der Waals surface area contributed by atoms with E-state index in [1.54, 1.807) is 11.8 Å². The molecule has 4 rings (SSSR count). The zero-order valence-electron chi connectivity index (χ0n) is 13.9. The highest BCUT2D eigenvalue weighted by atomic mass is 16.5. The lowest BCUT2D eigenvalue weighted by atomic mass is 10.0. The summed E-state index contributed by atoms with van der Waals surface area (Å²) < 4.78 is 7.48. The zero-order valence-corrected chi connectivity index (χ0v) is 13.9. The van der Waals surface area contributed by atoms with Gasteiger partial charge in [0.25, 0.3) is 0 Å². The van der Waals surface area contributed by atoms with Crippen LogP contribution in [0.15, 0.2) is 30.5 Å². The van der Waals surface area contributed by atoms with Gasteiger partial charge in [-0.3, -0.25) is 9.58 Å². The molecule has 122 valence electrons. The predicted molar refractivity (Wildman–Crippen MR) is 88.2 cm³/mol. The summed E-state index contributed by atoms with van der Waals surface area (Å²) in [5.41, 5.74) is 3.95. The van der Waals surface area contributed by atoms with Crippen molar-refractivity contribution in [3.05, 3.63) is 47.3 Å². The largest absolute Gasteiger partial charge is 0.379 e. The maximum absolute atomic E-state index is 5.71. The van der Waals surface area contributed by atoms with Crippen LogP contribution in [0.5, 0.6) is 0 Å². The molecule has 2 aliphatic rings. The lowest BCUT2D eigenvalue weighted by molar-refractivity contribution is 0.0957. The molecule has 2 aromatic rings. The van der Waals surface area contributed by atoms with E-state index in [0.29, 0.717) is 5.92 Å². The first-order chi connectivity index (χ1) is 11.2. The van der Waals surface area contributed by atoms with Crippen LogP contribution < -0.4 is 0 Å². The van der Waals surface area contributed by atoms with Gasteiger partial charge in [-0.25, -0.2) is 0 Å². The van der Waals surface area contributed by atoms with Crippen molar-refractivity contribution in [1.82, 2.24) is 19.9 Å². The van der Waals surface area contributed by atoms with E-state index in [2.05, 4.69) is 39.5 Å². The Morgan fingerprint density at radius 1 is 1.26 bits per heavy atom. The van der Waals surface area contributed by atoms with Gasteiger partial charge in [0.1, 0.15) is 0 Å². The molecule has 0 N–H and O–H groups in total. The molecule has 1 aromatic carbocycles.